The summed E-state index contributed by atoms with van der Waals surface area (Å²) >= 11 is 0. The van der Waals surface area contributed by atoms with Crippen LogP contribution in [-0.4, -0.2) is 31.7 Å². The molecule has 0 saturated heterocycles. The molecule has 0 radical (unpaired) electrons. The molecule has 3 nitrogen and oxygen atoms in total. The first-order valence-electron chi connectivity index (χ1n) is 9.36. The lowest BCUT2D eigenvalue weighted by Gasteiger charge is -2.29. The van der Waals surface area contributed by atoms with E-state index in [1.54, 1.807) is 0 Å². The molecular formula is C21H24FNO2S. The summed E-state index contributed by atoms with van der Waals surface area (Å²) in [7, 11) is -3.36. The average Bonchev–Trinajstić information content (AvgIpc) is 3.38. The van der Waals surface area contributed by atoms with Crippen molar-refractivity contribution in [1.29, 1.82) is 0 Å². The van der Waals surface area contributed by atoms with Gasteiger partial charge in [0.05, 0.1) is 10.6 Å². The Hall–Kier alpha value is -1.72. The zero-order valence-electron chi connectivity index (χ0n) is 14.8. The van der Waals surface area contributed by atoms with E-state index in [-0.39, 0.29) is 10.6 Å². The summed E-state index contributed by atoms with van der Waals surface area (Å²) in [6.07, 6.45) is 5.26. The molecule has 0 amide bonds. The first kappa shape index (κ1) is 17.7. The fourth-order valence-electron chi connectivity index (χ4n) is 4.08. The van der Waals surface area contributed by atoms with Gasteiger partial charge in [0.1, 0.15) is 5.82 Å². The highest BCUT2D eigenvalue weighted by atomic mass is 32.2. The molecule has 2 aliphatic carbocycles. The molecule has 1 unspecified atom stereocenters. The fraction of sp³-hybridized carbons (Fsp3) is 0.429. The van der Waals surface area contributed by atoms with Gasteiger partial charge in [-0.05, 0) is 67.5 Å². The molecule has 4 rings (SSSR count). The van der Waals surface area contributed by atoms with E-state index in [0.29, 0.717) is 18.5 Å². The van der Waals surface area contributed by atoms with Crippen molar-refractivity contribution in [3.8, 4) is 0 Å². The van der Waals surface area contributed by atoms with E-state index in [0.717, 1.165) is 19.4 Å². The smallest absolute Gasteiger partial charge is 0.178 e. The van der Waals surface area contributed by atoms with E-state index in [1.807, 2.05) is 0 Å². The number of rotatable bonds is 7. The molecule has 138 valence electrons. The number of hydrogen-bond donors (Lipinski definition) is 0. The highest BCUT2D eigenvalue weighted by Gasteiger charge is 2.37. The van der Waals surface area contributed by atoms with Gasteiger partial charge in [0, 0.05) is 18.6 Å². The largest absolute Gasteiger partial charge is 0.293 e. The molecule has 0 heterocycles. The zero-order valence-corrected chi connectivity index (χ0v) is 15.6. The number of sulfone groups is 1. The molecule has 1 saturated carbocycles. The lowest BCUT2D eigenvalue weighted by atomic mass is 10.1. The molecule has 2 aliphatic rings. The SMILES string of the molecule is O=S(=O)(CCCN(C1CC1)C1CCc2ccccc21)c1ccc(F)cc1. The zero-order chi connectivity index (χ0) is 18.1. The van der Waals surface area contributed by atoms with Crippen molar-refractivity contribution in [2.75, 3.05) is 12.3 Å². The Kier molecular flexibility index (Phi) is 4.84. The van der Waals surface area contributed by atoms with Crippen LogP contribution < -0.4 is 0 Å². The van der Waals surface area contributed by atoms with Gasteiger partial charge in [0.25, 0.3) is 0 Å². The Labute approximate surface area is 154 Å². The minimum atomic E-state index is -3.36. The normalized spacial score (nSPS) is 19.7. The van der Waals surface area contributed by atoms with Crippen LogP contribution in [0.15, 0.2) is 53.4 Å². The van der Waals surface area contributed by atoms with Gasteiger partial charge in [-0.1, -0.05) is 24.3 Å². The second-order valence-corrected chi connectivity index (χ2v) is 9.46. The molecule has 0 N–H and O–H groups in total. The standard InChI is InChI=1S/C21H24FNO2S/c22-17-7-11-19(12-8-17)26(24,25)15-3-14-23(18-9-10-18)21-13-6-16-4-1-2-5-20(16)21/h1-2,4-5,7-8,11-12,18,21H,3,6,9-10,13-15H2. The van der Waals surface area contributed by atoms with Crippen LogP contribution in [0.1, 0.15) is 42.9 Å². The summed E-state index contributed by atoms with van der Waals surface area (Å²) in [4.78, 5) is 2.73. The summed E-state index contributed by atoms with van der Waals surface area (Å²) in [5.41, 5.74) is 2.85. The van der Waals surface area contributed by atoms with Gasteiger partial charge in [0.15, 0.2) is 9.84 Å². The number of halogens is 1. The van der Waals surface area contributed by atoms with Gasteiger partial charge in [0.2, 0.25) is 0 Å². The Bertz CT molecular complexity index is 875. The van der Waals surface area contributed by atoms with Gasteiger partial charge in [-0.3, -0.25) is 4.90 Å². The molecule has 1 fully saturated rings. The molecular weight excluding hydrogens is 349 g/mol. The van der Waals surface area contributed by atoms with Gasteiger partial charge in [-0.2, -0.15) is 0 Å². The predicted octanol–water partition coefficient (Wildman–Crippen LogP) is 4.14. The third kappa shape index (κ3) is 3.69. The lowest BCUT2D eigenvalue weighted by molar-refractivity contribution is 0.187. The van der Waals surface area contributed by atoms with Crippen molar-refractivity contribution in [1.82, 2.24) is 4.90 Å². The Balaban J connectivity index is 1.42. The van der Waals surface area contributed by atoms with Crippen LogP contribution in [0.25, 0.3) is 0 Å². The van der Waals surface area contributed by atoms with Gasteiger partial charge >= 0.3 is 0 Å². The third-order valence-corrected chi connectivity index (χ3v) is 7.34. The van der Waals surface area contributed by atoms with Gasteiger partial charge in [-0.15, -0.1) is 0 Å². The summed E-state index contributed by atoms with van der Waals surface area (Å²) in [5, 5.41) is 0. The molecule has 0 aliphatic heterocycles. The minimum Gasteiger partial charge on any atom is -0.293 e. The van der Waals surface area contributed by atoms with E-state index in [4.69, 9.17) is 0 Å². The van der Waals surface area contributed by atoms with Crippen LogP contribution in [0.3, 0.4) is 0 Å². The van der Waals surface area contributed by atoms with Crippen LogP contribution in [0.2, 0.25) is 0 Å². The second-order valence-electron chi connectivity index (χ2n) is 7.35. The first-order chi connectivity index (χ1) is 12.5. The number of nitrogens with zero attached hydrogens (tertiary/aromatic N) is 1. The predicted molar refractivity (Wildman–Crippen MR) is 100 cm³/mol. The number of hydrogen-bond acceptors (Lipinski definition) is 3. The van der Waals surface area contributed by atoms with Crippen molar-refractivity contribution < 1.29 is 12.8 Å². The van der Waals surface area contributed by atoms with Crippen LogP contribution in [0.4, 0.5) is 4.39 Å². The number of benzene rings is 2. The minimum absolute atomic E-state index is 0.107. The molecule has 5 heteroatoms. The van der Waals surface area contributed by atoms with E-state index < -0.39 is 15.7 Å². The lowest BCUT2D eigenvalue weighted by Crippen LogP contribution is -2.31. The molecule has 1 atom stereocenters. The van der Waals surface area contributed by atoms with Crippen molar-refractivity contribution >= 4 is 9.84 Å². The fourth-order valence-corrected chi connectivity index (χ4v) is 5.37. The van der Waals surface area contributed by atoms with E-state index in [2.05, 4.69) is 29.2 Å². The van der Waals surface area contributed by atoms with Crippen LogP contribution in [0, 0.1) is 5.82 Å². The van der Waals surface area contributed by atoms with Crippen LogP contribution in [0.5, 0.6) is 0 Å². The quantitative estimate of drug-likeness (QED) is 0.685. The van der Waals surface area contributed by atoms with Gasteiger partial charge in [-0.25, -0.2) is 12.8 Å². The van der Waals surface area contributed by atoms with Crippen molar-refractivity contribution in [3.05, 3.63) is 65.5 Å². The maximum atomic E-state index is 13.0. The van der Waals surface area contributed by atoms with Gasteiger partial charge < -0.3 is 0 Å². The monoisotopic (exact) mass is 373 g/mol. The van der Waals surface area contributed by atoms with E-state index in [9.17, 15) is 12.8 Å². The van der Waals surface area contributed by atoms with Crippen molar-refractivity contribution in [3.63, 3.8) is 0 Å². The third-order valence-electron chi connectivity index (χ3n) is 5.52. The molecule has 2 aromatic rings. The summed E-state index contributed by atoms with van der Waals surface area (Å²) in [5.74, 6) is -0.306. The van der Waals surface area contributed by atoms with Crippen LogP contribution in [-0.2, 0) is 16.3 Å². The summed E-state index contributed by atoms with van der Waals surface area (Å²) < 4.78 is 38.0. The highest BCUT2D eigenvalue weighted by molar-refractivity contribution is 7.91. The molecule has 0 spiro atoms. The molecule has 0 bridgehead atoms. The summed E-state index contributed by atoms with van der Waals surface area (Å²) in [6, 6.07) is 14.8. The highest BCUT2D eigenvalue weighted by Crippen LogP contribution is 2.41. The van der Waals surface area contributed by atoms with E-state index in [1.165, 1.54) is 48.2 Å². The number of fused-ring (bicyclic) bond motifs is 1. The Morgan fingerprint density at radius 1 is 1.00 bits per heavy atom. The molecule has 2 aromatic carbocycles. The maximum Gasteiger partial charge on any atom is 0.178 e. The second kappa shape index (κ2) is 7.12. The van der Waals surface area contributed by atoms with Crippen molar-refractivity contribution in [2.24, 2.45) is 0 Å². The number of aryl methyl sites for hydroxylation is 1. The van der Waals surface area contributed by atoms with Crippen LogP contribution >= 0.6 is 0 Å². The molecule has 0 aromatic heterocycles. The average molecular weight is 373 g/mol. The maximum absolute atomic E-state index is 13.0. The first-order valence-corrected chi connectivity index (χ1v) is 11.0. The van der Waals surface area contributed by atoms with E-state index >= 15 is 0 Å². The topological polar surface area (TPSA) is 37.4 Å². The molecule has 26 heavy (non-hydrogen) atoms. The van der Waals surface area contributed by atoms with Crippen molar-refractivity contribution in [2.45, 2.75) is 49.1 Å². The Morgan fingerprint density at radius 3 is 2.46 bits per heavy atom. The Morgan fingerprint density at radius 2 is 1.73 bits per heavy atom. The summed E-state index contributed by atoms with van der Waals surface area (Å²) in [6.45, 7) is 0.796.